The molecule has 2 heterocycles. The average Bonchev–Trinajstić information content (AvgIpc) is 3.25. The van der Waals surface area contributed by atoms with Crippen LogP contribution < -0.4 is 20.9 Å². The number of alkyl halides is 3. The first-order valence-corrected chi connectivity index (χ1v) is 16.0. The first kappa shape index (κ1) is 28.7. The molecule has 0 spiro atoms. The summed E-state index contributed by atoms with van der Waals surface area (Å²) in [5.41, 5.74) is 3.00. The summed E-state index contributed by atoms with van der Waals surface area (Å²) in [5, 5.41) is 5.58. The summed E-state index contributed by atoms with van der Waals surface area (Å²) in [6.07, 6.45) is 1.04. The first-order valence-electron chi connectivity index (χ1n) is 13.0. The van der Waals surface area contributed by atoms with Crippen molar-refractivity contribution < 1.29 is 27.1 Å². The molecule has 210 valence electrons. The number of fused-ring (bicyclic) bond motifs is 1. The molecule has 1 fully saturated rings. The number of nitrogens with zero attached hydrogens (tertiary/aromatic N) is 1. The van der Waals surface area contributed by atoms with Crippen molar-refractivity contribution >= 4 is 14.4 Å². The maximum absolute atomic E-state index is 13.9. The van der Waals surface area contributed by atoms with E-state index in [0.717, 1.165) is 24.1 Å². The van der Waals surface area contributed by atoms with E-state index in [4.69, 9.17) is 19.0 Å². The zero-order valence-corrected chi connectivity index (χ0v) is 24.6. The van der Waals surface area contributed by atoms with Gasteiger partial charge in [0, 0.05) is 36.1 Å². The molecule has 1 aromatic carbocycles. The molecule has 0 radical (unpaired) electrons. The quantitative estimate of drug-likeness (QED) is 0.332. The van der Waals surface area contributed by atoms with Gasteiger partial charge in [0.05, 0.1) is 5.56 Å². The van der Waals surface area contributed by atoms with Crippen molar-refractivity contribution in [1.29, 1.82) is 0 Å². The highest BCUT2D eigenvalue weighted by Crippen LogP contribution is 2.60. The number of hydrogen-bond acceptors (Lipinski definition) is 5. The minimum atomic E-state index is -4.52. The van der Waals surface area contributed by atoms with E-state index in [9.17, 15) is 13.2 Å². The fraction of sp³-hybridized carbons (Fsp3) is 0.607. The maximum atomic E-state index is 13.9. The summed E-state index contributed by atoms with van der Waals surface area (Å²) in [6, 6.07) is 4.22. The topological polar surface area (TPSA) is 67.9 Å². The summed E-state index contributed by atoms with van der Waals surface area (Å²) in [5.74, 6) is 0.555. The zero-order chi connectivity index (χ0) is 28.1. The Morgan fingerprint density at radius 3 is 2.42 bits per heavy atom. The van der Waals surface area contributed by atoms with Crippen LogP contribution >= 0.6 is 0 Å². The minimum absolute atomic E-state index is 0.00954. The van der Waals surface area contributed by atoms with Gasteiger partial charge in [-0.25, -0.2) is 0 Å². The van der Waals surface area contributed by atoms with Gasteiger partial charge in [0.2, 0.25) is 0 Å². The van der Waals surface area contributed by atoms with E-state index in [0.29, 0.717) is 29.1 Å². The Balaban J connectivity index is 1.96. The summed E-state index contributed by atoms with van der Waals surface area (Å²) >= 11 is 0. The van der Waals surface area contributed by atoms with Crippen molar-refractivity contribution in [3.05, 3.63) is 51.8 Å². The Kier molecular flexibility index (Phi) is 7.33. The fourth-order valence-electron chi connectivity index (χ4n) is 5.68. The number of hydrogen-bond donors (Lipinski definition) is 2. The maximum Gasteiger partial charge on any atom is 0.416 e. The van der Waals surface area contributed by atoms with Gasteiger partial charge in [-0.1, -0.05) is 27.7 Å². The molecule has 0 saturated heterocycles. The highest BCUT2D eigenvalue weighted by molar-refractivity contribution is 6.74. The zero-order valence-electron chi connectivity index (χ0n) is 23.6. The van der Waals surface area contributed by atoms with Gasteiger partial charge in [-0.15, -0.1) is 0 Å². The number of ether oxygens (including phenoxy) is 2. The SMILES string of the molecule is COCOc1cc(C(F)(F)F)cc(C)c1[C@@]1(C2(CO[Si](C)(C)C(C)(C)C)CC(C)C2)C=c2cc[nH]c2=NN1. The largest absolute Gasteiger partial charge is 0.467 e. The lowest BCUT2D eigenvalue weighted by Gasteiger charge is -2.59. The number of halogens is 3. The summed E-state index contributed by atoms with van der Waals surface area (Å²) in [4.78, 5) is 3.13. The molecular weight excluding hydrogens is 511 g/mol. The second-order valence-corrected chi connectivity index (χ2v) is 17.3. The Bertz CT molecular complexity index is 1290. The number of nitrogens with one attached hydrogen (secondary N) is 2. The molecule has 1 atom stereocenters. The molecule has 0 amide bonds. The van der Waals surface area contributed by atoms with E-state index in [1.807, 2.05) is 12.3 Å². The van der Waals surface area contributed by atoms with Crippen LogP contribution in [0.2, 0.25) is 18.1 Å². The van der Waals surface area contributed by atoms with Crippen molar-refractivity contribution in [1.82, 2.24) is 10.4 Å². The molecule has 0 unspecified atom stereocenters. The van der Waals surface area contributed by atoms with E-state index >= 15 is 0 Å². The van der Waals surface area contributed by atoms with Crippen LogP contribution in [0.5, 0.6) is 5.75 Å². The number of H-pyrrole nitrogens is 1. The van der Waals surface area contributed by atoms with Gasteiger partial charge in [0.25, 0.3) is 0 Å². The first-order chi connectivity index (χ1) is 17.6. The van der Waals surface area contributed by atoms with Crippen molar-refractivity contribution in [3.63, 3.8) is 0 Å². The normalized spacial score (nSPS) is 25.5. The predicted molar refractivity (Wildman–Crippen MR) is 144 cm³/mol. The molecule has 2 aliphatic rings. The van der Waals surface area contributed by atoms with Crippen molar-refractivity contribution in [2.24, 2.45) is 16.4 Å². The highest BCUT2D eigenvalue weighted by atomic mass is 28.4. The molecule has 1 aromatic heterocycles. The van der Waals surface area contributed by atoms with E-state index in [1.54, 1.807) is 6.92 Å². The number of aromatic nitrogens is 1. The standard InChI is InChI=1S/C28H40F3N3O3Si/c1-18-13-26(14-18,16-37-38(7,8)25(3,4)5)27(15-20-9-10-32-24(20)33-34-27)23-19(2)11-21(28(29,30)31)12-22(23)36-17-35-6/h9-12,15,18,34H,13-14,16-17H2,1-8H3,(H,32,33)/t18?,26?,27-/m1/s1. The number of benzene rings is 1. The van der Waals surface area contributed by atoms with Crippen LogP contribution in [0.1, 0.15) is 57.2 Å². The Morgan fingerprint density at radius 1 is 1.16 bits per heavy atom. The lowest BCUT2D eigenvalue weighted by Crippen LogP contribution is -2.64. The molecule has 2 N–H and O–H groups in total. The van der Waals surface area contributed by atoms with Gasteiger partial charge >= 0.3 is 6.18 Å². The molecule has 1 saturated carbocycles. The Morgan fingerprint density at radius 2 is 1.84 bits per heavy atom. The summed E-state index contributed by atoms with van der Waals surface area (Å²) in [7, 11) is -0.687. The van der Waals surface area contributed by atoms with Crippen molar-refractivity contribution in [2.75, 3.05) is 20.5 Å². The van der Waals surface area contributed by atoms with E-state index in [2.05, 4.69) is 57.3 Å². The van der Waals surface area contributed by atoms with Crippen LogP contribution in [-0.4, -0.2) is 33.8 Å². The molecule has 10 heteroatoms. The molecular formula is C28H40F3N3O3Si. The van der Waals surface area contributed by atoms with Crippen molar-refractivity contribution in [2.45, 2.75) is 77.3 Å². The van der Waals surface area contributed by atoms with Crippen LogP contribution in [-0.2, 0) is 20.9 Å². The second kappa shape index (κ2) is 9.71. The third-order valence-electron chi connectivity index (χ3n) is 8.66. The lowest BCUT2D eigenvalue weighted by atomic mass is 9.51. The summed E-state index contributed by atoms with van der Waals surface area (Å²) in [6.45, 7) is 15.2. The molecule has 6 nitrogen and oxygen atoms in total. The highest BCUT2D eigenvalue weighted by Gasteiger charge is 2.60. The van der Waals surface area contributed by atoms with Gasteiger partial charge in [-0.2, -0.15) is 18.3 Å². The number of rotatable bonds is 8. The van der Waals surface area contributed by atoms with Gasteiger partial charge < -0.3 is 18.9 Å². The van der Waals surface area contributed by atoms with Gasteiger partial charge in [-0.05, 0) is 73.7 Å². The monoisotopic (exact) mass is 551 g/mol. The molecule has 1 aliphatic carbocycles. The third kappa shape index (κ3) is 4.91. The van der Waals surface area contributed by atoms with Crippen LogP contribution in [0.4, 0.5) is 13.2 Å². The van der Waals surface area contributed by atoms with E-state index in [-0.39, 0.29) is 17.6 Å². The number of aromatic amines is 1. The summed E-state index contributed by atoms with van der Waals surface area (Å²) < 4.78 is 59.5. The van der Waals surface area contributed by atoms with Crippen LogP contribution in [0.3, 0.4) is 0 Å². The Hall–Kier alpha value is -2.30. The minimum Gasteiger partial charge on any atom is -0.467 e. The van der Waals surface area contributed by atoms with Gasteiger partial charge in [-0.3, -0.25) is 5.43 Å². The van der Waals surface area contributed by atoms with E-state index < -0.39 is 31.0 Å². The van der Waals surface area contributed by atoms with Crippen molar-refractivity contribution in [3.8, 4) is 5.75 Å². The lowest BCUT2D eigenvalue weighted by molar-refractivity contribution is -0.137. The molecule has 0 bridgehead atoms. The average molecular weight is 552 g/mol. The molecule has 38 heavy (non-hydrogen) atoms. The third-order valence-corrected chi connectivity index (χ3v) is 13.1. The number of methoxy groups -OCH3 is 1. The second-order valence-electron chi connectivity index (χ2n) is 12.5. The Labute approximate surface area is 223 Å². The molecule has 4 rings (SSSR count). The van der Waals surface area contributed by atoms with Gasteiger partial charge in [0.1, 0.15) is 11.3 Å². The van der Waals surface area contributed by atoms with Crippen LogP contribution in [0, 0.1) is 18.3 Å². The predicted octanol–water partition coefficient (Wildman–Crippen LogP) is 5.58. The number of aryl methyl sites for hydroxylation is 1. The van der Waals surface area contributed by atoms with Crippen LogP contribution in [0.25, 0.3) is 6.08 Å². The molecule has 1 aliphatic heterocycles. The van der Waals surface area contributed by atoms with Gasteiger partial charge in [0.15, 0.2) is 20.6 Å². The molecule has 2 aromatic rings. The fourth-order valence-corrected chi connectivity index (χ4v) is 6.75. The smallest absolute Gasteiger partial charge is 0.416 e. The van der Waals surface area contributed by atoms with E-state index in [1.165, 1.54) is 13.2 Å². The van der Waals surface area contributed by atoms with Crippen LogP contribution in [0.15, 0.2) is 29.5 Å².